The molecule has 20 heavy (non-hydrogen) atoms. The average molecular weight is 297 g/mol. The van der Waals surface area contributed by atoms with Gasteiger partial charge in [0.05, 0.1) is 17.4 Å². The van der Waals surface area contributed by atoms with Crippen molar-refractivity contribution in [3.8, 4) is 0 Å². The van der Waals surface area contributed by atoms with Gasteiger partial charge in [-0.3, -0.25) is 4.21 Å². The Hall–Kier alpha value is -0.710. The number of hydrogen-bond donors (Lipinski definition) is 1. The molecule has 0 heterocycles. The zero-order valence-corrected chi connectivity index (χ0v) is 13.9. The molecule has 1 N–H and O–H groups in total. The second kappa shape index (κ2) is 8.55. The van der Waals surface area contributed by atoms with Gasteiger partial charge >= 0.3 is 0 Å². The summed E-state index contributed by atoms with van der Waals surface area (Å²) in [5, 5.41) is 3.26. The minimum Gasteiger partial charge on any atom is -0.383 e. The van der Waals surface area contributed by atoms with Gasteiger partial charge in [-0.2, -0.15) is 0 Å². The van der Waals surface area contributed by atoms with Crippen LogP contribution in [0.15, 0.2) is 29.2 Å². The summed E-state index contributed by atoms with van der Waals surface area (Å²) in [5.74, 6) is 0.703. The summed E-state index contributed by atoms with van der Waals surface area (Å²) in [4.78, 5) is 0.926. The molecular weight excluding hydrogens is 270 g/mol. The van der Waals surface area contributed by atoms with Crippen LogP contribution in [-0.2, 0) is 21.0 Å². The number of nitrogens with one attached hydrogen (secondary N) is 1. The summed E-state index contributed by atoms with van der Waals surface area (Å²) in [6, 6.07) is 8.16. The lowest BCUT2D eigenvalue weighted by atomic mass is 9.87. The van der Waals surface area contributed by atoms with Gasteiger partial charge in [0, 0.05) is 24.3 Å². The standard InChI is InChI=1S/C16H27NO2S/c1-16(2,3)14-6-8-15(9-7-14)20(18)13-5-10-17-11-12-19-4/h6-9,17H,5,10-13H2,1-4H3. The van der Waals surface area contributed by atoms with Crippen LogP contribution in [0.1, 0.15) is 32.8 Å². The van der Waals surface area contributed by atoms with Gasteiger partial charge in [0.1, 0.15) is 0 Å². The summed E-state index contributed by atoms with van der Waals surface area (Å²) in [5.41, 5.74) is 1.42. The van der Waals surface area contributed by atoms with Gasteiger partial charge in [-0.1, -0.05) is 32.9 Å². The van der Waals surface area contributed by atoms with E-state index in [1.807, 2.05) is 12.1 Å². The van der Waals surface area contributed by atoms with Crippen LogP contribution in [0.4, 0.5) is 0 Å². The van der Waals surface area contributed by atoms with Crippen molar-refractivity contribution in [2.45, 2.75) is 37.5 Å². The first-order valence-electron chi connectivity index (χ1n) is 7.13. The molecule has 1 rings (SSSR count). The molecule has 0 saturated heterocycles. The monoisotopic (exact) mass is 297 g/mol. The van der Waals surface area contributed by atoms with Crippen molar-refractivity contribution in [3.05, 3.63) is 29.8 Å². The maximum atomic E-state index is 12.2. The normalized spacial score (nSPS) is 13.4. The molecule has 1 unspecified atom stereocenters. The van der Waals surface area contributed by atoms with Gasteiger partial charge in [-0.05, 0) is 36.1 Å². The van der Waals surface area contributed by atoms with E-state index in [-0.39, 0.29) is 5.41 Å². The van der Waals surface area contributed by atoms with Gasteiger partial charge in [0.2, 0.25) is 0 Å². The Morgan fingerprint density at radius 1 is 1.15 bits per heavy atom. The Kier molecular flexibility index (Phi) is 7.41. The smallest absolute Gasteiger partial charge is 0.0587 e. The minimum atomic E-state index is -0.897. The Bertz CT molecular complexity index is 409. The number of methoxy groups -OCH3 is 1. The van der Waals surface area contributed by atoms with Gasteiger partial charge in [0.15, 0.2) is 0 Å². The molecule has 0 bridgehead atoms. The van der Waals surface area contributed by atoms with Crippen LogP contribution in [0.5, 0.6) is 0 Å². The highest BCUT2D eigenvalue weighted by Gasteiger charge is 2.13. The van der Waals surface area contributed by atoms with E-state index in [9.17, 15) is 4.21 Å². The van der Waals surface area contributed by atoms with E-state index in [1.165, 1.54) is 5.56 Å². The Morgan fingerprint density at radius 3 is 2.35 bits per heavy atom. The van der Waals surface area contributed by atoms with Crippen LogP contribution in [0.25, 0.3) is 0 Å². The minimum absolute atomic E-state index is 0.144. The predicted molar refractivity (Wildman–Crippen MR) is 85.8 cm³/mol. The molecule has 4 heteroatoms. The molecule has 0 aliphatic heterocycles. The third kappa shape index (κ3) is 6.16. The highest BCUT2D eigenvalue weighted by atomic mass is 32.2. The first-order valence-corrected chi connectivity index (χ1v) is 8.45. The molecule has 0 saturated carbocycles. The van der Waals surface area contributed by atoms with E-state index in [0.29, 0.717) is 5.75 Å². The quantitative estimate of drug-likeness (QED) is 0.750. The molecule has 0 amide bonds. The van der Waals surface area contributed by atoms with Crippen LogP contribution >= 0.6 is 0 Å². The van der Waals surface area contributed by atoms with Crippen LogP contribution < -0.4 is 5.32 Å². The zero-order valence-electron chi connectivity index (χ0n) is 13.1. The van der Waals surface area contributed by atoms with Crippen molar-refractivity contribution in [1.82, 2.24) is 5.32 Å². The Morgan fingerprint density at radius 2 is 1.80 bits per heavy atom. The van der Waals surface area contributed by atoms with Crippen molar-refractivity contribution in [2.24, 2.45) is 0 Å². The fourth-order valence-electron chi connectivity index (χ4n) is 1.85. The van der Waals surface area contributed by atoms with E-state index in [1.54, 1.807) is 7.11 Å². The molecule has 0 aliphatic rings. The van der Waals surface area contributed by atoms with Gasteiger partial charge in [-0.25, -0.2) is 0 Å². The largest absolute Gasteiger partial charge is 0.383 e. The zero-order chi connectivity index (χ0) is 15.0. The maximum absolute atomic E-state index is 12.2. The molecule has 0 radical (unpaired) electrons. The van der Waals surface area contributed by atoms with Crippen molar-refractivity contribution in [3.63, 3.8) is 0 Å². The third-order valence-electron chi connectivity index (χ3n) is 3.15. The molecule has 3 nitrogen and oxygen atoms in total. The Balaban J connectivity index is 2.37. The summed E-state index contributed by atoms with van der Waals surface area (Å²) in [6.45, 7) is 9.01. The molecule has 1 atom stereocenters. The lowest BCUT2D eigenvalue weighted by Gasteiger charge is -2.19. The first kappa shape index (κ1) is 17.3. The predicted octanol–water partition coefficient (Wildman–Crippen LogP) is 2.72. The summed E-state index contributed by atoms with van der Waals surface area (Å²) >= 11 is 0. The average Bonchev–Trinajstić information content (AvgIpc) is 2.41. The molecule has 1 aromatic rings. The van der Waals surface area contributed by atoms with Gasteiger partial charge in [-0.15, -0.1) is 0 Å². The lowest BCUT2D eigenvalue weighted by Crippen LogP contribution is -2.21. The van der Waals surface area contributed by atoms with Crippen LogP contribution in [0.2, 0.25) is 0 Å². The van der Waals surface area contributed by atoms with Gasteiger partial charge < -0.3 is 10.1 Å². The van der Waals surface area contributed by atoms with E-state index in [2.05, 4.69) is 38.2 Å². The lowest BCUT2D eigenvalue weighted by molar-refractivity contribution is 0.199. The summed E-state index contributed by atoms with van der Waals surface area (Å²) < 4.78 is 17.1. The molecule has 0 aromatic heterocycles. The van der Waals surface area contributed by atoms with E-state index >= 15 is 0 Å². The third-order valence-corrected chi connectivity index (χ3v) is 4.61. The number of hydrogen-bond acceptors (Lipinski definition) is 3. The topological polar surface area (TPSA) is 38.3 Å². The van der Waals surface area contributed by atoms with Crippen molar-refractivity contribution >= 4 is 10.8 Å². The fourth-order valence-corrected chi connectivity index (χ4v) is 2.93. The molecule has 1 aromatic carbocycles. The molecule has 114 valence electrons. The first-order chi connectivity index (χ1) is 9.45. The van der Waals surface area contributed by atoms with Crippen molar-refractivity contribution < 1.29 is 8.95 Å². The number of benzene rings is 1. The molecule has 0 fully saturated rings. The molecular formula is C16H27NO2S. The highest BCUT2D eigenvalue weighted by Crippen LogP contribution is 2.23. The second-order valence-electron chi connectivity index (χ2n) is 5.92. The van der Waals surface area contributed by atoms with Crippen molar-refractivity contribution in [1.29, 1.82) is 0 Å². The van der Waals surface area contributed by atoms with Crippen LogP contribution in [0.3, 0.4) is 0 Å². The highest BCUT2D eigenvalue weighted by molar-refractivity contribution is 7.85. The van der Waals surface area contributed by atoms with Crippen LogP contribution in [-0.4, -0.2) is 36.8 Å². The Labute approximate surface area is 125 Å². The van der Waals surface area contributed by atoms with E-state index in [4.69, 9.17) is 4.74 Å². The molecule has 0 spiro atoms. The van der Waals surface area contributed by atoms with E-state index in [0.717, 1.165) is 31.0 Å². The SMILES string of the molecule is COCCNCCCS(=O)c1ccc(C(C)(C)C)cc1. The number of rotatable bonds is 8. The summed E-state index contributed by atoms with van der Waals surface area (Å²) in [6.07, 6.45) is 0.914. The molecule has 0 aliphatic carbocycles. The van der Waals surface area contributed by atoms with Crippen molar-refractivity contribution in [2.75, 3.05) is 32.6 Å². The van der Waals surface area contributed by atoms with E-state index < -0.39 is 10.8 Å². The maximum Gasteiger partial charge on any atom is 0.0587 e. The number of ether oxygens (including phenoxy) is 1. The van der Waals surface area contributed by atoms with Gasteiger partial charge in [0.25, 0.3) is 0 Å². The second-order valence-corrected chi connectivity index (χ2v) is 7.49. The summed E-state index contributed by atoms with van der Waals surface area (Å²) in [7, 11) is 0.796. The van der Waals surface area contributed by atoms with Crippen LogP contribution in [0, 0.1) is 0 Å². The fraction of sp³-hybridized carbons (Fsp3) is 0.625.